The van der Waals surface area contributed by atoms with Crippen molar-refractivity contribution in [2.75, 3.05) is 5.32 Å². The molecule has 7 heteroatoms. The summed E-state index contributed by atoms with van der Waals surface area (Å²) in [6.07, 6.45) is 4.51. The van der Waals surface area contributed by atoms with Crippen molar-refractivity contribution in [3.05, 3.63) is 41.3 Å². The third-order valence-electron chi connectivity index (χ3n) is 4.54. The maximum atomic E-state index is 12.2. The average Bonchev–Trinajstić information content (AvgIpc) is 3.25. The molecule has 3 rings (SSSR count). The van der Waals surface area contributed by atoms with Crippen molar-refractivity contribution in [2.24, 2.45) is 0 Å². The maximum absolute atomic E-state index is 12.2. The van der Waals surface area contributed by atoms with Gasteiger partial charge in [-0.3, -0.25) is 9.59 Å². The van der Waals surface area contributed by atoms with Crippen LogP contribution in [0.2, 0.25) is 0 Å². The first-order chi connectivity index (χ1) is 12.5. The van der Waals surface area contributed by atoms with Crippen LogP contribution in [0.1, 0.15) is 42.7 Å². The Balaban J connectivity index is 1.59. The molecule has 0 radical (unpaired) electrons. The molecule has 2 amide bonds. The van der Waals surface area contributed by atoms with Crippen LogP contribution in [0.15, 0.2) is 28.8 Å². The zero-order valence-electron chi connectivity index (χ0n) is 15.0. The Kier molecular flexibility index (Phi) is 5.55. The molecule has 0 saturated heterocycles. The van der Waals surface area contributed by atoms with Crippen LogP contribution in [0, 0.1) is 13.8 Å². The van der Waals surface area contributed by atoms with Crippen LogP contribution in [-0.4, -0.2) is 23.1 Å². The highest BCUT2D eigenvalue weighted by Crippen LogP contribution is 2.29. The van der Waals surface area contributed by atoms with Crippen molar-refractivity contribution < 1.29 is 18.8 Å². The highest BCUT2D eigenvalue weighted by molar-refractivity contribution is 6.39. The van der Waals surface area contributed by atoms with Crippen LogP contribution in [0.3, 0.4) is 0 Å². The Labute approximate surface area is 152 Å². The van der Waals surface area contributed by atoms with E-state index in [1.807, 2.05) is 6.07 Å². The monoisotopic (exact) mass is 357 g/mol. The van der Waals surface area contributed by atoms with E-state index < -0.39 is 11.8 Å². The first kappa shape index (κ1) is 18.0. The summed E-state index contributed by atoms with van der Waals surface area (Å²) in [4.78, 5) is 24.3. The smallest absolute Gasteiger partial charge is 0.313 e. The molecule has 26 heavy (non-hydrogen) atoms. The molecule has 7 nitrogen and oxygen atoms in total. The zero-order valence-corrected chi connectivity index (χ0v) is 15.0. The summed E-state index contributed by atoms with van der Waals surface area (Å²) in [7, 11) is 0. The number of aromatic nitrogens is 1. The van der Waals surface area contributed by atoms with Crippen molar-refractivity contribution in [3.8, 4) is 5.75 Å². The summed E-state index contributed by atoms with van der Waals surface area (Å²) in [5, 5.41) is 9.04. The molecule has 1 saturated carbocycles. The van der Waals surface area contributed by atoms with Crippen LogP contribution in [0.5, 0.6) is 5.75 Å². The molecule has 0 spiro atoms. The third-order valence-corrected chi connectivity index (χ3v) is 4.54. The minimum atomic E-state index is -0.737. The Hall–Kier alpha value is -2.83. The Morgan fingerprint density at radius 2 is 1.92 bits per heavy atom. The van der Waals surface area contributed by atoms with Gasteiger partial charge in [0.05, 0.1) is 17.5 Å². The minimum absolute atomic E-state index is 0.168. The van der Waals surface area contributed by atoms with Crippen LogP contribution in [0.25, 0.3) is 0 Å². The normalized spacial score (nSPS) is 14.2. The van der Waals surface area contributed by atoms with Crippen molar-refractivity contribution >= 4 is 17.5 Å². The third kappa shape index (κ3) is 4.22. The number of hydrogen-bond acceptors (Lipinski definition) is 5. The Morgan fingerprint density at radius 1 is 1.19 bits per heavy atom. The number of ether oxygens (including phenoxy) is 1. The van der Waals surface area contributed by atoms with Crippen molar-refractivity contribution in [1.82, 2.24) is 10.5 Å². The number of aryl methyl sites for hydroxylation is 2. The molecule has 0 aliphatic heterocycles. The van der Waals surface area contributed by atoms with E-state index in [2.05, 4.69) is 15.8 Å². The molecule has 1 aromatic carbocycles. The summed E-state index contributed by atoms with van der Waals surface area (Å²) >= 11 is 0. The number of nitrogens with one attached hydrogen (secondary N) is 2. The van der Waals surface area contributed by atoms with Crippen molar-refractivity contribution in [1.29, 1.82) is 0 Å². The summed E-state index contributed by atoms with van der Waals surface area (Å²) < 4.78 is 11.0. The number of benzene rings is 1. The van der Waals surface area contributed by atoms with Gasteiger partial charge in [0.1, 0.15) is 11.5 Å². The van der Waals surface area contributed by atoms with Crippen LogP contribution < -0.4 is 15.4 Å². The van der Waals surface area contributed by atoms with E-state index in [1.165, 1.54) is 0 Å². The van der Waals surface area contributed by atoms with Gasteiger partial charge in [0.2, 0.25) is 0 Å². The molecule has 1 aromatic heterocycles. The number of anilines is 1. The van der Waals surface area contributed by atoms with Crippen LogP contribution in [0.4, 0.5) is 5.69 Å². The Bertz CT molecular complexity index is 774. The SMILES string of the molecule is Cc1noc(C)c1CNC(=O)C(=O)Nc1ccccc1OC1CCCC1. The Morgan fingerprint density at radius 3 is 2.62 bits per heavy atom. The number of nitrogens with zero attached hydrogens (tertiary/aromatic N) is 1. The van der Waals surface area contributed by atoms with Gasteiger partial charge in [-0.05, 0) is 51.7 Å². The van der Waals surface area contributed by atoms with E-state index in [0.29, 0.717) is 22.9 Å². The fourth-order valence-corrected chi connectivity index (χ4v) is 3.04. The average molecular weight is 357 g/mol. The number of amides is 2. The predicted molar refractivity (Wildman–Crippen MR) is 95.8 cm³/mol. The summed E-state index contributed by atoms with van der Waals surface area (Å²) in [6.45, 7) is 3.74. The molecule has 1 aliphatic rings. The molecule has 138 valence electrons. The summed E-state index contributed by atoms with van der Waals surface area (Å²) in [5.41, 5.74) is 1.96. The predicted octanol–water partition coefficient (Wildman–Crippen LogP) is 2.87. The van der Waals surface area contributed by atoms with Gasteiger partial charge in [-0.2, -0.15) is 0 Å². The van der Waals surface area contributed by atoms with Gasteiger partial charge in [-0.15, -0.1) is 0 Å². The molecule has 0 bridgehead atoms. The molecule has 2 N–H and O–H groups in total. The quantitative estimate of drug-likeness (QED) is 0.803. The van der Waals surface area contributed by atoms with E-state index >= 15 is 0 Å². The standard InChI is InChI=1S/C19H23N3O4/c1-12-15(13(2)26-22-12)11-20-18(23)19(24)21-16-9-5-6-10-17(16)25-14-7-3-4-8-14/h5-6,9-10,14H,3-4,7-8,11H2,1-2H3,(H,20,23)(H,21,24). The van der Waals surface area contributed by atoms with Gasteiger partial charge in [-0.1, -0.05) is 17.3 Å². The molecule has 1 fully saturated rings. The van der Waals surface area contributed by atoms with Gasteiger partial charge in [0, 0.05) is 12.1 Å². The lowest BCUT2D eigenvalue weighted by molar-refractivity contribution is -0.136. The summed E-state index contributed by atoms with van der Waals surface area (Å²) in [6, 6.07) is 7.16. The molecule has 1 heterocycles. The largest absolute Gasteiger partial charge is 0.488 e. The number of carbonyl (C=O) groups is 2. The first-order valence-electron chi connectivity index (χ1n) is 8.81. The van der Waals surface area contributed by atoms with Crippen molar-refractivity contribution in [2.45, 2.75) is 52.2 Å². The highest BCUT2D eigenvalue weighted by Gasteiger charge is 2.20. The number of hydrogen-bond donors (Lipinski definition) is 2. The number of carbonyl (C=O) groups excluding carboxylic acids is 2. The number of rotatable bonds is 5. The highest BCUT2D eigenvalue weighted by atomic mass is 16.5. The zero-order chi connectivity index (χ0) is 18.5. The van der Waals surface area contributed by atoms with E-state index in [0.717, 1.165) is 31.2 Å². The van der Waals surface area contributed by atoms with E-state index in [9.17, 15) is 9.59 Å². The lowest BCUT2D eigenvalue weighted by Gasteiger charge is -2.16. The molecule has 0 unspecified atom stereocenters. The van der Waals surface area contributed by atoms with Crippen LogP contribution in [-0.2, 0) is 16.1 Å². The van der Waals surface area contributed by atoms with E-state index in [4.69, 9.17) is 9.26 Å². The summed E-state index contributed by atoms with van der Waals surface area (Å²) in [5.74, 6) is -0.246. The fourth-order valence-electron chi connectivity index (χ4n) is 3.04. The second kappa shape index (κ2) is 8.03. The topological polar surface area (TPSA) is 93.5 Å². The van der Waals surface area contributed by atoms with Crippen molar-refractivity contribution in [3.63, 3.8) is 0 Å². The van der Waals surface area contributed by atoms with Gasteiger partial charge >= 0.3 is 11.8 Å². The molecule has 1 aliphatic carbocycles. The maximum Gasteiger partial charge on any atom is 0.313 e. The fraction of sp³-hybridized carbons (Fsp3) is 0.421. The molecular weight excluding hydrogens is 334 g/mol. The van der Waals surface area contributed by atoms with E-state index in [-0.39, 0.29) is 12.6 Å². The van der Waals surface area contributed by atoms with Gasteiger partial charge in [0.25, 0.3) is 0 Å². The number of para-hydroxylation sites is 2. The van der Waals surface area contributed by atoms with E-state index in [1.54, 1.807) is 32.0 Å². The minimum Gasteiger partial charge on any atom is -0.488 e. The van der Waals surface area contributed by atoms with Gasteiger partial charge in [-0.25, -0.2) is 0 Å². The second-order valence-electron chi connectivity index (χ2n) is 6.46. The molecule has 0 atom stereocenters. The second-order valence-corrected chi connectivity index (χ2v) is 6.46. The lowest BCUT2D eigenvalue weighted by Crippen LogP contribution is -2.35. The first-order valence-corrected chi connectivity index (χ1v) is 8.81. The lowest BCUT2D eigenvalue weighted by atomic mass is 10.2. The molecule has 2 aromatic rings. The van der Waals surface area contributed by atoms with Crippen LogP contribution >= 0.6 is 0 Å². The molecular formula is C19H23N3O4. The van der Waals surface area contributed by atoms with Gasteiger partial charge in [0.15, 0.2) is 0 Å². The van der Waals surface area contributed by atoms with Gasteiger partial charge < -0.3 is 19.9 Å².